The molecule has 0 radical (unpaired) electrons. The van der Waals surface area contributed by atoms with Gasteiger partial charge in [-0.05, 0) is 35.8 Å². The van der Waals surface area contributed by atoms with Gasteiger partial charge < -0.3 is 10.6 Å². The molecule has 2 aromatic carbocycles. The van der Waals surface area contributed by atoms with Gasteiger partial charge in [0.2, 0.25) is 0 Å². The van der Waals surface area contributed by atoms with Gasteiger partial charge in [0.1, 0.15) is 9.99 Å². The summed E-state index contributed by atoms with van der Waals surface area (Å²) in [6, 6.07) is 16.0. The molecule has 1 aromatic heterocycles. The lowest BCUT2D eigenvalue weighted by Crippen LogP contribution is -2.17. The van der Waals surface area contributed by atoms with Crippen molar-refractivity contribution in [2.45, 2.75) is 0 Å². The van der Waals surface area contributed by atoms with Gasteiger partial charge in [-0.1, -0.05) is 36.5 Å². The number of nitrogens with two attached hydrogens (primary N) is 1. The van der Waals surface area contributed by atoms with E-state index in [0.717, 1.165) is 27.2 Å². The van der Waals surface area contributed by atoms with Crippen LogP contribution < -0.4 is 10.6 Å². The monoisotopic (exact) mass is 299 g/mol. The van der Waals surface area contributed by atoms with Crippen molar-refractivity contribution in [3.8, 4) is 0 Å². The van der Waals surface area contributed by atoms with E-state index in [9.17, 15) is 0 Å². The van der Waals surface area contributed by atoms with Crippen LogP contribution in [0.1, 0.15) is 5.56 Å². The van der Waals surface area contributed by atoms with E-state index < -0.39 is 0 Å². The zero-order valence-electron chi connectivity index (χ0n) is 10.9. The Morgan fingerprint density at radius 2 is 1.85 bits per heavy atom. The van der Waals surface area contributed by atoms with Gasteiger partial charge in [0.05, 0.1) is 11.2 Å². The standard InChI is InChI=1S/C15H13N3S2/c1-18(13-9-5-3-7-11(13)14(16)19)15-10-6-2-4-8-12(10)17-20-15/h2-9H,1H3,(H2,16,19). The predicted molar refractivity (Wildman–Crippen MR) is 90.0 cm³/mol. The highest BCUT2D eigenvalue weighted by atomic mass is 32.1. The maximum absolute atomic E-state index is 5.81. The first-order valence-electron chi connectivity index (χ1n) is 6.15. The molecule has 0 aliphatic carbocycles. The number of rotatable bonds is 3. The maximum Gasteiger partial charge on any atom is 0.124 e. The largest absolute Gasteiger partial charge is 0.389 e. The number of thiocarbonyl (C=S) groups is 1. The Morgan fingerprint density at radius 1 is 1.15 bits per heavy atom. The van der Waals surface area contributed by atoms with Crippen molar-refractivity contribution in [2.75, 3.05) is 11.9 Å². The lowest BCUT2D eigenvalue weighted by atomic mass is 10.1. The minimum absolute atomic E-state index is 0.404. The third-order valence-corrected chi connectivity index (χ3v) is 4.38. The predicted octanol–water partition coefficient (Wildman–Crippen LogP) is 3.70. The second-order valence-electron chi connectivity index (χ2n) is 4.45. The molecule has 0 spiro atoms. The van der Waals surface area contributed by atoms with Gasteiger partial charge in [-0.25, -0.2) is 0 Å². The highest BCUT2D eigenvalue weighted by molar-refractivity contribution is 7.80. The van der Waals surface area contributed by atoms with Crippen molar-refractivity contribution in [2.24, 2.45) is 5.73 Å². The smallest absolute Gasteiger partial charge is 0.124 e. The fourth-order valence-corrected chi connectivity index (χ4v) is 3.21. The summed E-state index contributed by atoms with van der Waals surface area (Å²) in [5.74, 6) is 0. The number of hydrogen-bond donors (Lipinski definition) is 1. The van der Waals surface area contributed by atoms with Crippen molar-refractivity contribution in [1.82, 2.24) is 4.37 Å². The van der Waals surface area contributed by atoms with Gasteiger partial charge in [0.25, 0.3) is 0 Å². The summed E-state index contributed by atoms with van der Waals surface area (Å²) in [6.07, 6.45) is 0. The molecule has 100 valence electrons. The van der Waals surface area contributed by atoms with Crippen LogP contribution in [0.25, 0.3) is 10.9 Å². The van der Waals surface area contributed by atoms with Gasteiger partial charge in [-0.15, -0.1) is 0 Å². The summed E-state index contributed by atoms with van der Waals surface area (Å²) in [5, 5.41) is 2.22. The molecule has 3 rings (SSSR count). The minimum atomic E-state index is 0.404. The van der Waals surface area contributed by atoms with Crippen LogP contribution in [0.4, 0.5) is 10.7 Å². The molecule has 3 nitrogen and oxygen atoms in total. The topological polar surface area (TPSA) is 42.1 Å². The van der Waals surface area contributed by atoms with Crippen LogP contribution in [0, 0.1) is 0 Å². The Bertz CT molecular complexity index is 779. The summed E-state index contributed by atoms with van der Waals surface area (Å²) in [5.41, 5.74) is 8.69. The van der Waals surface area contributed by atoms with E-state index in [2.05, 4.69) is 15.3 Å². The SMILES string of the molecule is CN(c1ccccc1C(N)=S)c1snc2ccccc12. The second kappa shape index (κ2) is 5.19. The quantitative estimate of drug-likeness (QED) is 0.749. The third-order valence-electron chi connectivity index (χ3n) is 3.20. The van der Waals surface area contributed by atoms with Gasteiger partial charge in [-0.3, -0.25) is 0 Å². The Kier molecular flexibility index (Phi) is 3.38. The minimum Gasteiger partial charge on any atom is -0.389 e. The van der Waals surface area contributed by atoms with E-state index in [1.165, 1.54) is 11.5 Å². The molecule has 3 aromatic rings. The average molecular weight is 299 g/mol. The van der Waals surface area contributed by atoms with E-state index in [0.29, 0.717) is 4.99 Å². The fraction of sp³-hybridized carbons (Fsp3) is 0.0667. The normalized spacial score (nSPS) is 10.7. The van der Waals surface area contributed by atoms with Crippen molar-refractivity contribution < 1.29 is 0 Å². The number of hydrogen-bond acceptors (Lipinski definition) is 4. The zero-order valence-corrected chi connectivity index (χ0v) is 12.5. The molecule has 0 saturated heterocycles. The number of benzene rings is 2. The number of anilines is 2. The molecule has 0 atom stereocenters. The highest BCUT2D eigenvalue weighted by Gasteiger charge is 2.15. The molecule has 0 fully saturated rings. The molecular formula is C15H13N3S2. The Balaban J connectivity index is 2.13. The Morgan fingerprint density at radius 3 is 2.65 bits per heavy atom. The molecule has 0 amide bonds. The molecule has 5 heteroatoms. The van der Waals surface area contributed by atoms with Crippen LogP contribution in [0.5, 0.6) is 0 Å². The molecular weight excluding hydrogens is 286 g/mol. The first-order valence-corrected chi connectivity index (χ1v) is 7.33. The summed E-state index contributed by atoms with van der Waals surface area (Å²) in [7, 11) is 2.01. The Hall–Kier alpha value is -1.98. The molecule has 1 heterocycles. The van der Waals surface area contributed by atoms with E-state index >= 15 is 0 Å². The molecule has 2 N–H and O–H groups in total. The van der Waals surface area contributed by atoms with E-state index in [1.807, 2.05) is 49.5 Å². The van der Waals surface area contributed by atoms with Crippen molar-refractivity contribution >= 4 is 50.3 Å². The highest BCUT2D eigenvalue weighted by Crippen LogP contribution is 2.35. The van der Waals surface area contributed by atoms with Crippen LogP contribution in [0.15, 0.2) is 48.5 Å². The van der Waals surface area contributed by atoms with E-state index in [4.69, 9.17) is 18.0 Å². The van der Waals surface area contributed by atoms with Gasteiger partial charge in [0.15, 0.2) is 0 Å². The van der Waals surface area contributed by atoms with Crippen LogP contribution in [0.3, 0.4) is 0 Å². The maximum atomic E-state index is 5.81. The number of para-hydroxylation sites is 1. The van der Waals surface area contributed by atoms with Gasteiger partial charge in [-0.2, -0.15) is 4.37 Å². The van der Waals surface area contributed by atoms with Gasteiger partial charge >= 0.3 is 0 Å². The first kappa shape index (κ1) is 13.0. The van der Waals surface area contributed by atoms with E-state index in [1.54, 1.807) is 0 Å². The van der Waals surface area contributed by atoms with Crippen molar-refractivity contribution in [1.29, 1.82) is 0 Å². The summed E-state index contributed by atoms with van der Waals surface area (Å²) < 4.78 is 4.48. The lowest BCUT2D eigenvalue weighted by Gasteiger charge is -2.20. The summed E-state index contributed by atoms with van der Waals surface area (Å²) in [4.78, 5) is 2.50. The molecule has 0 aliphatic rings. The molecule has 0 bridgehead atoms. The molecule has 0 saturated carbocycles. The van der Waals surface area contributed by atoms with Crippen molar-refractivity contribution in [3.63, 3.8) is 0 Å². The lowest BCUT2D eigenvalue weighted by molar-refractivity contribution is 1.24. The van der Waals surface area contributed by atoms with Crippen molar-refractivity contribution in [3.05, 3.63) is 54.1 Å². The zero-order chi connectivity index (χ0) is 14.1. The van der Waals surface area contributed by atoms with Crippen LogP contribution in [-0.4, -0.2) is 16.4 Å². The number of fused-ring (bicyclic) bond motifs is 1. The van der Waals surface area contributed by atoms with Crippen LogP contribution in [-0.2, 0) is 0 Å². The summed E-state index contributed by atoms with van der Waals surface area (Å²) >= 11 is 6.61. The second-order valence-corrected chi connectivity index (χ2v) is 5.64. The number of nitrogens with zero attached hydrogens (tertiary/aromatic N) is 2. The summed E-state index contributed by atoms with van der Waals surface area (Å²) in [6.45, 7) is 0. The molecule has 0 aliphatic heterocycles. The van der Waals surface area contributed by atoms with E-state index in [-0.39, 0.29) is 0 Å². The third kappa shape index (κ3) is 2.15. The average Bonchev–Trinajstić information content (AvgIpc) is 2.90. The molecule has 0 unspecified atom stereocenters. The van der Waals surface area contributed by atoms with Gasteiger partial charge in [0, 0.05) is 18.0 Å². The Labute approximate surface area is 126 Å². The fourth-order valence-electron chi connectivity index (χ4n) is 2.20. The number of aromatic nitrogens is 1. The van der Waals surface area contributed by atoms with Crippen LogP contribution >= 0.6 is 23.8 Å². The first-order chi connectivity index (χ1) is 9.68. The molecule has 20 heavy (non-hydrogen) atoms. The van der Waals surface area contributed by atoms with Crippen LogP contribution in [0.2, 0.25) is 0 Å².